The first kappa shape index (κ1) is 59.4. The summed E-state index contributed by atoms with van der Waals surface area (Å²) in [5.41, 5.74) is 9.00. The van der Waals surface area contributed by atoms with Gasteiger partial charge in [-0.3, -0.25) is 0 Å². The third-order valence-corrected chi connectivity index (χ3v) is 21.9. The monoisotopic (exact) mass is 1200 g/mol. The van der Waals surface area contributed by atoms with Gasteiger partial charge in [0.05, 0.1) is 30.1 Å². The molecule has 6 aromatic heterocycles. The van der Waals surface area contributed by atoms with Crippen molar-refractivity contribution in [3.8, 4) is 17.2 Å². The summed E-state index contributed by atoms with van der Waals surface area (Å²) in [4.78, 5) is 22.3. The Kier molecular flexibility index (Phi) is 17.9. The van der Waals surface area contributed by atoms with Crippen molar-refractivity contribution < 1.29 is 54.3 Å². The highest BCUT2D eigenvalue weighted by molar-refractivity contribution is 7.89. The number of hydrogen-bond donors (Lipinski definition) is 7. The van der Waals surface area contributed by atoms with E-state index >= 15 is 0 Å². The summed E-state index contributed by atoms with van der Waals surface area (Å²) < 4.78 is 99.3. The van der Waals surface area contributed by atoms with Gasteiger partial charge in [-0.05, 0) is 128 Å². The molecule has 442 valence electrons. The number of rotatable bonds is 14. The van der Waals surface area contributed by atoms with Crippen LogP contribution in [0.1, 0.15) is 93.9 Å². The molecule has 28 heteroatoms. The summed E-state index contributed by atoms with van der Waals surface area (Å²) in [5.74, 6) is 7.65. The van der Waals surface area contributed by atoms with Crippen molar-refractivity contribution in [3.05, 3.63) is 126 Å². The van der Waals surface area contributed by atoms with Gasteiger partial charge in [0.1, 0.15) is 34.2 Å². The Labute approximate surface area is 490 Å². The van der Waals surface area contributed by atoms with E-state index < -0.39 is 51.6 Å². The average Bonchev–Trinajstić information content (AvgIpc) is 2.40. The second-order valence-electron chi connectivity index (χ2n) is 21.9. The van der Waals surface area contributed by atoms with Crippen LogP contribution >= 0.6 is 0 Å². The normalized spacial score (nSPS) is 18.7. The molecule has 7 N–H and O–H groups in total. The van der Waals surface area contributed by atoms with Crippen LogP contribution in [0.15, 0.2) is 104 Å². The van der Waals surface area contributed by atoms with Crippen LogP contribution in [-0.4, -0.2) is 156 Å². The van der Waals surface area contributed by atoms with Gasteiger partial charge in [-0.25, -0.2) is 45.1 Å². The zero-order chi connectivity index (χ0) is 58.8. The molecule has 0 radical (unpaired) electrons. The fraction of sp³-hybridized carbons (Fsp3) is 0.411. The number of sulfonamides is 2. The third-order valence-electron chi connectivity index (χ3n) is 16.5. The predicted octanol–water partition coefficient (Wildman–Crippen LogP) is 6.12. The van der Waals surface area contributed by atoms with Crippen LogP contribution in [0.2, 0.25) is 0 Å². The summed E-state index contributed by atoms with van der Waals surface area (Å²) in [5, 5.41) is 33.3. The molecule has 6 aliphatic rings. The molecule has 0 unspecified atom stereocenters. The third kappa shape index (κ3) is 12.8. The Hall–Kier alpha value is -6.33. The molecule has 0 aliphatic carbocycles. The van der Waals surface area contributed by atoms with E-state index in [4.69, 9.17) is 14.0 Å². The number of nitrogens with zero attached hydrogens (tertiary/aromatic N) is 6. The SMILES string of the molecule is CCCCS(=O)(=O)N1CCC(C2=CB(O)Oc3cnc4[nH]ccc4c32)CC1.CCCNS(=O)(=O)N1CCC(C2=CB(O)Oc3cnc4[nH]ccc4c32)CC1.O=S(=O)(Cc1ccccc1)N1CCC(C2=CB(O)Oc3cnc4[nH]ccc4c32)CC1. The summed E-state index contributed by atoms with van der Waals surface area (Å²) in [6, 6.07) is 15.1. The molecule has 0 atom stereocenters. The van der Waals surface area contributed by atoms with E-state index in [1.165, 1.54) is 4.31 Å². The smallest absolute Gasteiger partial charge is 0.531 e. The van der Waals surface area contributed by atoms with Crippen LogP contribution in [0.4, 0.5) is 0 Å². The predicted molar refractivity (Wildman–Crippen MR) is 326 cm³/mol. The molecular weight excluding hydrogens is 1130 g/mol. The first-order valence-corrected chi connectivity index (χ1v) is 33.5. The molecule has 7 aromatic rings. The number of pyridine rings is 3. The molecule has 12 heterocycles. The van der Waals surface area contributed by atoms with E-state index in [0.29, 0.717) is 95.2 Å². The van der Waals surface area contributed by atoms with Gasteiger partial charge in [-0.2, -0.15) is 12.7 Å². The number of piperidine rings is 3. The fourth-order valence-corrected chi connectivity index (χ4v) is 16.9. The number of nitrogens with one attached hydrogen (secondary N) is 4. The van der Waals surface area contributed by atoms with Gasteiger partial charge < -0.3 is 44.0 Å². The fourth-order valence-electron chi connectivity index (χ4n) is 12.3. The van der Waals surface area contributed by atoms with Gasteiger partial charge in [0, 0.05) is 97.3 Å². The van der Waals surface area contributed by atoms with Crippen LogP contribution in [0.5, 0.6) is 17.2 Å². The van der Waals surface area contributed by atoms with Crippen molar-refractivity contribution in [2.45, 2.75) is 77.4 Å². The van der Waals surface area contributed by atoms with Gasteiger partial charge in [-0.1, -0.05) is 50.6 Å². The van der Waals surface area contributed by atoms with Gasteiger partial charge in [0.15, 0.2) is 0 Å². The Morgan fingerprint density at radius 2 is 0.917 bits per heavy atom. The minimum Gasteiger partial charge on any atom is -0.531 e. The van der Waals surface area contributed by atoms with Gasteiger partial charge >= 0.3 is 21.4 Å². The molecule has 1 aromatic carbocycles. The Morgan fingerprint density at radius 3 is 1.30 bits per heavy atom. The second-order valence-corrected chi connectivity index (χ2v) is 27.7. The van der Waals surface area contributed by atoms with Crippen LogP contribution in [0.25, 0.3) is 49.8 Å². The molecule has 0 spiro atoms. The first-order valence-electron chi connectivity index (χ1n) is 28.8. The Balaban J connectivity index is 0.000000132. The van der Waals surface area contributed by atoms with Crippen molar-refractivity contribution in [1.82, 2.24) is 47.5 Å². The number of H-pyrrole nitrogens is 3. The lowest BCUT2D eigenvalue weighted by Gasteiger charge is -2.34. The van der Waals surface area contributed by atoms with Crippen LogP contribution in [0.3, 0.4) is 0 Å². The van der Waals surface area contributed by atoms with E-state index in [0.717, 1.165) is 97.8 Å². The number of aromatic amines is 3. The van der Waals surface area contributed by atoms with Crippen molar-refractivity contribution >= 4 is 101 Å². The molecule has 0 bridgehead atoms. The zero-order valence-electron chi connectivity index (χ0n) is 46.9. The van der Waals surface area contributed by atoms with Gasteiger partial charge in [-0.15, -0.1) is 0 Å². The number of allylic oxidation sites excluding steroid dienone is 3. The molecule has 3 saturated heterocycles. The topological polar surface area (TPSA) is 299 Å². The number of unbranched alkanes of at least 4 members (excludes halogenated alkanes) is 1. The lowest BCUT2D eigenvalue weighted by Crippen LogP contribution is -2.45. The number of fused-ring (bicyclic) bond motifs is 9. The number of benzene rings is 1. The molecule has 0 saturated carbocycles. The number of hydrogen-bond acceptors (Lipinski definition) is 15. The Bertz CT molecular complexity index is 3780. The number of aromatic nitrogens is 6. The largest absolute Gasteiger partial charge is 0.552 e. The standard InChI is InChI=1S/C21H22BN3O4S.C18H24BN3O4S.C17H23BN4O4S/c26-22-12-18(20-17-6-9-23-21(17)24-13-19(20)29-22)16-7-10-25(11-8-16)30(27,28)14-15-4-2-1-3-5-15;1-2-3-10-27(24,25)22-8-5-13(6-9-22)15-11-19(23)26-16-12-21-18-14(17(15)16)4-7-20-18;1-2-6-21-27(24,25)22-8-4-12(5-9-22)14-10-18(23)26-15-11-20-17-13(16(14)15)3-7-19-17/h1-6,9,12-13,16,26H,7-8,10-11,14H2,(H,23,24);4,7,11-13,23H,2-3,5-6,8-10H2,1H3,(H,20,21);3,7,10-12,21,23H,2,4-6,8-9H2,1H3,(H,19,20). The maximum atomic E-state index is 12.9. The Morgan fingerprint density at radius 1 is 0.536 bits per heavy atom. The highest BCUT2D eigenvalue weighted by Gasteiger charge is 2.38. The van der Waals surface area contributed by atoms with Crippen LogP contribution in [0, 0.1) is 17.8 Å². The molecule has 84 heavy (non-hydrogen) atoms. The van der Waals surface area contributed by atoms with E-state index in [1.54, 1.807) is 45.1 Å². The van der Waals surface area contributed by atoms with Gasteiger partial charge in [0.2, 0.25) is 20.0 Å². The highest BCUT2D eigenvalue weighted by atomic mass is 32.2. The summed E-state index contributed by atoms with van der Waals surface area (Å²) >= 11 is 0. The molecule has 22 nitrogen and oxygen atoms in total. The summed E-state index contributed by atoms with van der Waals surface area (Å²) in [6.45, 7) is 7.25. The van der Waals surface area contributed by atoms with Crippen molar-refractivity contribution in [3.63, 3.8) is 0 Å². The summed E-state index contributed by atoms with van der Waals surface area (Å²) in [6.07, 6.45) is 17.0. The van der Waals surface area contributed by atoms with Crippen molar-refractivity contribution in [2.75, 3.05) is 51.6 Å². The molecule has 0 amide bonds. The molecule has 6 aliphatic heterocycles. The molecular formula is C56H69B3N10O12S3. The van der Waals surface area contributed by atoms with E-state index in [9.17, 15) is 40.3 Å². The summed E-state index contributed by atoms with van der Waals surface area (Å²) in [7, 11) is -13.0. The van der Waals surface area contributed by atoms with E-state index in [2.05, 4.69) is 34.6 Å². The minimum absolute atomic E-state index is 0.0201. The van der Waals surface area contributed by atoms with Crippen molar-refractivity contribution in [1.29, 1.82) is 0 Å². The quantitative estimate of drug-likeness (QED) is 0.0604. The lowest BCUT2D eigenvalue weighted by atomic mass is 9.74. The maximum Gasteiger partial charge on any atom is 0.552 e. The maximum absolute atomic E-state index is 12.9. The lowest BCUT2D eigenvalue weighted by molar-refractivity contribution is 0.306. The second kappa shape index (κ2) is 25.3. The molecule has 13 rings (SSSR count). The highest BCUT2D eigenvalue weighted by Crippen LogP contribution is 2.46. The first-order chi connectivity index (χ1) is 40.5. The average molecular weight is 1200 g/mol. The minimum atomic E-state index is -3.42. The van der Waals surface area contributed by atoms with E-state index in [1.807, 2.05) is 81.0 Å². The molecule has 3 fully saturated rings. The van der Waals surface area contributed by atoms with Crippen LogP contribution < -0.4 is 18.7 Å². The van der Waals surface area contributed by atoms with Crippen LogP contribution in [-0.2, 0) is 36.0 Å². The van der Waals surface area contributed by atoms with E-state index in [-0.39, 0.29) is 29.3 Å². The van der Waals surface area contributed by atoms with Crippen molar-refractivity contribution in [2.24, 2.45) is 17.8 Å². The zero-order valence-corrected chi connectivity index (χ0v) is 49.4. The van der Waals surface area contributed by atoms with Gasteiger partial charge in [0.25, 0.3) is 10.2 Å².